The molecule has 3 unspecified atom stereocenters. The van der Waals surface area contributed by atoms with Gasteiger partial charge in [-0.05, 0) is 18.3 Å². The van der Waals surface area contributed by atoms with Crippen molar-refractivity contribution in [3.8, 4) is 0 Å². The van der Waals surface area contributed by atoms with Crippen molar-refractivity contribution in [1.82, 2.24) is 9.97 Å². The zero-order valence-corrected chi connectivity index (χ0v) is 11.7. The summed E-state index contributed by atoms with van der Waals surface area (Å²) in [6.07, 6.45) is 4.46. The number of nitrogens with zero attached hydrogens (tertiary/aromatic N) is 3. The Morgan fingerprint density at radius 1 is 1.45 bits per heavy atom. The smallest absolute Gasteiger partial charge is 0.329 e. The number of hydrogen-bond acceptors (Lipinski definition) is 7. The number of rotatable bonds is 4. The van der Waals surface area contributed by atoms with Crippen molar-refractivity contribution in [2.45, 2.75) is 39.2 Å². The van der Waals surface area contributed by atoms with E-state index in [9.17, 15) is 10.1 Å². The predicted octanol–water partition coefficient (Wildman–Crippen LogP) is 1.91. The van der Waals surface area contributed by atoms with E-state index in [-0.39, 0.29) is 23.5 Å². The summed E-state index contributed by atoms with van der Waals surface area (Å²) in [5, 5.41) is 14.2. The first kappa shape index (κ1) is 14.4. The molecule has 0 amide bonds. The van der Waals surface area contributed by atoms with Crippen molar-refractivity contribution in [2.75, 3.05) is 10.7 Å². The molecule has 0 aromatic carbocycles. The minimum atomic E-state index is -0.487. The first-order chi connectivity index (χ1) is 9.52. The van der Waals surface area contributed by atoms with Gasteiger partial charge in [-0.3, -0.25) is 15.5 Å². The second-order valence-corrected chi connectivity index (χ2v) is 5.35. The molecular formula is C12H20N6O2. The van der Waals surface area contributed by atoms with Gasteiger partial charge in [-0.15, -0.1) is 0 Å². The molecule has 1 aromatic rings. The summed E-state index contributed by atoms with van der Waals surface area (Å²) in [7, 11) is 0. The quantitative estimate of drug-likeness (QED) is 0.437. The average molecular weight is 280 g/mol. The van der Waals surface area contributed by atoms with Crippen molar-refractivity contribution in [3.63, 3.8) is 0 Å². The van der Waals surface area contributed by atoms with Crippen molar-refractivity contribution >= 4 is 17.5 Å². The molecule has 4 N–H and O–H groups in total. The molecule has 1 heterocycles. The SMILES string of the molecule is CC1CCCC(Nc2nc(NN)ncc2[N+](=O)[O-])C1C. The summed E-state index contributed by atoms with van der Waals surface area (Å²) in [5.41, 5.74) is 2.18. The van der Waals surface area contributed by atoms with E-state index in [0.717, 1.165) is 12.8 Å². The lowest BCUT2D eigenvalue weighted by molar-refractivity contribution is -0.384. The number of nitro groups is 1. The van der Waals surface area contributed by atoms with Crippen LogP contribution >= 0.6 is 0 Å². The zero-order valence-electron chi connectivity index (χ0n) is 11.7. The fraction of sp³-hybridized carbons (Fsp3) is 0.667. The highest BCUT2D eigenvalue weighted by atomic mass is 16.6. The lowest BCUT2D eigenvalue weighted by Gasteiger charge is -2.34. The van der Waals surface area contributed by atoms with Crippen LogP contribution in [0.5, 0.6) is 0 Å². The van der Waals surface area contributed by atoms with Crippen LogP contribution in [0.15, 0.2) is 6.20 Å². The molecule has 0 bridgehead atoms. The van der Waals surface area contributed by atoms with Gasteiger partial charge in [-0.25, -0.2) is 10.8 Å². The van der Waals surface area contributed by atoms with Crippen LogP contribution in [-0.2, 0) is 0 Å². The molecule has 0 aliphatic heterocycles. The van der Waals surface area contributed by atoms with Gasteiger partial charge in [-0.1, -0.05) is 26.7 Å². The lowest BCUT2D eigenvalue weighted by atomic mass is 9.78. The summed E-state index contributed by atoms with van der Waals surface area (Å²) in [5.74, 6) is 6.67. The Morgan fingerprint density at radius 3 is 2.85 bits per heavy atom. The molecule has 3 atom stereocenters. The normalized spacial score (nSPS) is 26.1. The summed E-state index contributed by atoms with van der Waals surface area (Å²) in [6, 6.07) is 0.179. The summed E-state index contributed by atoms with van der Waals surface area (Å²) < 4.78 is 0. The van der Waals surface area contributed by atoms with E-state index in [1.165, 1.54) is 12.6 Å². The van der Waals surface area contributed by atoms with Crippen LogP contribution in [0.3, 0.4) is 0 Å². The van der Waals surface area contributed by atoms with Crippen molar-refractivity contribution < 1.29 is 4.92 Å². The number of hydrogen-bond donors (Lipinski definition) is 3. The molecule has 0 spiro atoms. The number of nitrogens with two attached hydrogens (primary N) is 1. The first-order valence-electron chi connectivity index (χ1n) is 6.77. The van der Waals surface area contributed by atoms with Crippen LogP contribution in [-0.4, -0.2) is 20.9 Å². The third-order valence-electron chi connectivity index (χ3n) is 4.12. The third-order valence-corrected chi connectivity index (χ3v) is 4.12. The molecule has 8 nitrogen and oxygen atoms in total. The molecule has 1 saturated carbocycles. The van der Waals surface area contributed by atoms with Crippen molar-refractivity contribution in [3.05, 3.63) is 16.3 Å². The van der Waals surface area contributed by atoms with Gasteiger partial charge in [0.1, 0.15) is 6.20 Å². The highest BCUT2D eigenvalue weighted by molar-refractivity contribution is 5.57. The van der Waals surface area contributed by atoms with E-state index in [0.29, 0.717) is 11.8 Å². The second kappa shape index (κ2) is 6.00. The van der Waals surface area contributed by atoms with E-state index >= 15 is 0 Å². The first-order valence-corrected chi connectivity index (χ1v) is 6.77. The van der Waals surface area contributed by atoms with Crippen LogP contribution in [0.2, 0.25) is 0 Å². The fourth-order valence-corrected chi connectivity index (χ4v) is 2.65. The number of aromatic nitrogens is 2. The fourth-order valence-electron chi connectivity index (χ4n) is 2.65. The molecule has 0 saturated heterocycles. The Labute approximate surface area is 117 Å². The molecule has 20 heavy (non-hydrogen) atoms. The van der Waals surface area contributed by atoms with E-state index in [2.05, 4.69) is 34.6 Å². The van der Waals surface area contributed by atoms with Gasteiger partial charge in [0.15, 0.2) is 0 Å². The predicted molar refractivity (Wildman–Crippen MR) is 76.1 cm³/mol. The number of nitrogens with one attached hydrogen (secondary N) is 2. The monoisotopic (exact) mass is 280 g/mol. The van der Waals surface area contributed by atoms with Gasteiger partial charge in [0, 0.05) is 6.04 Å². The molecule has 1 aliphatic rings. The molecule has 0 radical (unpaired) electrons. The van der Waals surface area contributed by atoms with Crippen LogP contribution in [0.1, 0.15) is 33.1 Å². The van der Waals surface area contributed by atoms with Gasteiger partial charge >= 0.3 is 5.69 Å². The van der Waals surface area contributed by atoms with Crippen LogP contribution in [0.4, 0.5) is 17.5 Å². The minimum Gasteiger partial charge on any atom is -0.361 e. The number of hydrazine groups is 1. The second-order valence-electron chi connectivity index (χ2n) is 5.35. The molecule has 1 aliphatic carbocycles. The third kappa shape index (κ3) is 2.96. The molecule has 1 fully saturated rings. The van der Waals surface area contributed by atoms with Crippen LogP contribution < -0.4 is 16.6 Å². The Hall–Kier alpha value is -1.96. The molecule has 1 aromatic heterocycles. The van der Waals surface area contributed by atoms with E-state index in [4.69, 9.17) is 5.84 Å². The molecule has 2 rings (SSSR count). The van der Waals surface area contributed by atoms with Crippen molar-refractivity contribution in [2.24, 2.45) is 17.7 Å². The summed E-state index contributed by atoms with van der Waals surface area (Å²) in [6.45, 7) is 4.37. The maximum atomic E-state index is 11.0. The zero-order chi connectivity index (χ0) is 14.7. The molecular weight excluding hydrogens is 260 g/mol. The van der Waals surface area contributed by atoms with Gasteiger partial charge < -0.3 is 5.32 Å². The van der Waals surface area contributed by atoms with E-state index in [1.807, 2.05) is 0 Å². The summed E-state index contributed by atoms with van der Waals surface area (Å²) >= 11 is 0. The maximum Gasteiger partial charge on any atom is 0.329 e. The van der Waals surface area contributed by atoms with Gasteiger partial charge in [0.25, 0.3) is 0 Å². The Morgan fingerprint density at radius 2 is 2.20 bits per heavy atom. The van der Waals surface area contributed by atoms with Gasteiger partial charge in [0.2, 0.25) is 11.8 Å². The van der Waals surface area contributed by atoms with Crippen LogP contribution in [0.25, 0.3) is 0 Å². The highest BCUT2D eigenvalue weighted by Crippen LogP contribution is 2.33. The summed E-state index contributed by atoms with van der Waals surface area (Å²) in [4.78, 5) is 18.4. The topological polar surface area (TPSA) is 119 Å². The highest BCUT2D eigenvalue weighted by Gasteiger charge is 2.29. The standard InChI is InChI=1S/C12H20N6O2/c1-7-4-3-5-9(8(7)2)15-11-10(18(19)20)6-14-12(16-11)17-13/h6-9H,3-5,13H2,1-2H3,(H2,14,15,16,17). The van der Waals surface area contributed by atoms with E-state index in [1.54, 1.807) is 0 Å². The number of anilines is 2. The molecule has 8 heteroatoms. The lowest BCUT2D eigenvalue weighted by Crippen LogP contribution is -2.35. The molecule has 110 valence electrons. The van der Waals surface area contributed by atoms with Gasteiger partial charge in [0.05, 0.1) is 4.92 Å². The Balaban J connectivity index is 2.24. The largest absolute Gasteiger partial charge is 0.361 e. The number of nitrogen functional groups attached to an aromatic ring is 1. The Kier molecular flexibility index (Phi) is 4.33. The minimum absolute atomic E-state index is 0.130. The van der Waals surface area contributed by atoms with Crippen molar-refractivity contribution in [1.29, 1.82) is 0 Å². The average Bonchev–Trinajstić information content (AvgIpc) is 2.43. The maximum absolute atomic E-state index is 11.0. The van der Waals surface area contributed by atoms with Gasteiger partial charge in [-0.2, -0.15) is 4.98 Å². The van der Waals surface area contributed by atoms with E-state index < -0.39 is 4.92 Å². The Bertz CT molecular complexity index is 495. The van der Waals surface area contributed by atoms with Crippen LogP contribution in [0, 0.1) is 22.0 Å².